The Kier molecular flexibility index (Phi) is 9.69. The number of methoxy groups -OCH3 is 1. The van der Waals surface area contributed by atoms with Crippen LogP contribution in [-0.4, -0.2) is 37.2 Å². The maximum absolute atomic E-state index is 13.7. The van der Waals surface area contributed by atoms with E-state index in [-0.39, 0.29) is 29.5 Å². The highest BCUT2D eigenvalue weighted by Crippen LogP contribution is 2.38. The number of para-hydroxylation sites is 1. The molecule has 0 bridgehead atoms. The minimum atomic E-state index is -1.12. The Labute approximate surface area is 264 Å². The van der Waals surface area contributed by atoms with Crippen LogP contribution < -0.4 is 24.8 Å². The summed E-state index contributed by atoms with van der Waals surface area (Å²) in [7, 11) is 1.39. The number of ether oxygens (including phenoxy) is 2. The number of hydrazine groups is 1. The molecule has 0 aromatic heterocycles. The number of hydrogen-bond donors (Lipinski definition) is 2. The standard InChI is InChI=1S/C34H33BrFN3O5/c1-22-7-6-8-30(38-17-4-3-5-18-38)33(22)39(25-11-15-27(16-12-25)44-26-13-9-24(36)10-14-26)37-32(40)20-23-19-31(43-2)28(34(41)42)21-29(23)35/h6-16,19,21H,3-5,17-18,20H2,1-2H3,(H,37,40)(H,41,42). The number of nitrogens with one attached hydrogen (secondary N) is 1. The molecule has 1 heterocycles. The van der Waals surface area contributed by atoms with Crippen LogP contribution in [0.2, 0.25) is 0 Å². The van der Waals surface area contributed by atoms with E-state index in [0.717, 1.165) is 42.9 Å². The molecule has 1 amide bonds. The smallest absolute Gasteiger partial charge is 0.339 e. The minimum Gasteiger partial charge on any atom is -0.496 e. The zero-order valence-electron chi connectivity index (χ0n) is 24.5. The maximum atomic E-state index is 13.7. The maximum Gasteiger partial charge on any atom is 0.339 e. The Morgan fingerprint density at radius 1 is 0.977 bits per heavy atom. The number of aromatic carboxylic acids is 1. The number of carbonyl (C=O) groups is 2. The molecule has 0 saturated carbocycles. The van der Waals surface area contributed by atoms with Crippen molar-refractivity contribution >= 4 is 44.9 Å². The molecule has 5 rings (SSSR count). The van der Waals surface area contributed by atoms with Gasteiger partial charge in [0, 0.05) is 17.6 Å². The predicted octanol–water partition coefficient (Wildman–Crippen LogP) is 7.80. The summed E-state index contributed by atoms with van der Waals surface area (Å²) in [6.07, 6.45) is 3.34. The molecule has 4 aromatic rings. The van der Waals surface area contributed by atoms with Crippen molar-refractivity contribution in [1.82, 2.24) is 5.43 Å². The third-order valence-electron chi connectivity index (χ3n) is 7.47. The molecule has 0 radical (unpaired) electrons. The third-order valence-corrected chi connectivity index (χ3v) is 8.21. The first-order valence-electron chi connectivity index (χ1n) is 14.3. The van der Waals surface area contributed by atoms with E-state index >= 15 is 0 Å². The quantitative estimate of drug-likeness (QED) is 0.168. The fraction of sp³-hybridized carbons (Fsp3) is 0.235. The lowest BCUT2D eigenvalue weighted by Crippen LogP contribution is -2.41. The normalized spacial score (nSPS) is 12.9. The Morgan fingerprint density at radius 3 is 2.27 bits per heavy atom. The molecule has 2 N–H and O–H groups in total. The number of anilines is 3. The highest BCUT2D eigenvalue weighted by atomic mass is 79.9. The summed E-state index contributed by atoms with van der Waals surface area (Å²) in [5.41, 5.74) is 7.24. The van der Waals surface area contributed by atoms with E-state index in [4.69, 9.17) is 9.47 Å². The Hall–Kier alpha value is -4.57. The van der Waals surface area contributed by atoms with Crippen molar-refractivity contribution in [3.8, 4) is 17.2 Å². The molecule has 1 saturated heterocycles. The topological polar surface area (TPSA) is 91.3 Å². The van der Waals surface area contributed by atoms with Crippen LogP contribution in [-0.2, 0) is 11.2 Å². The number of halogens is 2. The molecule has 44 heavy (non-hydrogen) atoms. The number of benzene rings is 4. The van der Waals surface area contributed by atoms with E-state index in [9.17, 15) is 19.1 Å². The number of amides is 1. The van der Waals surface area contributed by atoms with Gasteiger partial charge in [0.1, 0.15) is 28.6 Å². The van der Waals surface area contributed by atoms with Crippen LogP contribution in [0.5, 0.6) is 17.2 Å². The number of carboxylic acid groups (broad SMARTS) is 1. The second-order valence-corrected chi connectivity index (χ2v) is 11.4. The Bertz CT molecular complexity index is 1640. The van der Waals surface area contributed by atoms with Crippen LogP contribution in [0, 0.1) is 12.7 Å². The highest BCUT2D eigenvalue weighted by molar-refractivity contribution is 9.10. The zero-order chi connectivity index (χ0) is 31.2. The summed E-state index contributed by atoms with van der Waals surface area (Å²) < 4.78 is 25.0. The minimum absolute atomic E-state index is 0.000751. The molecular formula is C34H33BrFN3O5. The van der Waals surface area contributed by atoms with Crippen LogP contribution in [0.1, 0.15) is 40.7 Å². The molecule has 1 aliphatic rings. The monoisotopic (exact) mass is 661 g/mol. The van der Waals surface area contributed by atoms with E-state index in [2.05, 4.69) is 32.3 Å². The zero-order valence-corrected chi connectivity index (χ0v) is 26.1. The van der Waals surface area contributed by atoms with Gasteiger partial charge in [0.25, 0.3) is 0 Å². The van der Waals surface area contributed by atoms with Gasteiger partial charge in [-0.1, -0.05) is 28.1 Å². The molecule has 1 aliphatic heterocycles. The van der Waals surface area contributed by atoms with Crippen molar-refractivity contribution in [2.45, 2.75) is 32.6 Å². The van der Waals surface area contributed by atoms with E-state index in [1.165, 1.54) is 31.7 Å². The first-order chi connectivity index (χ1) is 21.2. The average Bonchev–Trinajstić information content (AvgIpc) is 3.02. The first kappa shape index (κ1) is 30.9. The molecule has 228 valence electrons. The van der Waals surface area contributed by atoms with E-state index in [1.807, 2.05) is 31.2 Å². The molecule has 8 nitrogen and oxygen atoms in total. The third kappa shape index (κ3) is 7.14. The van der Waals surface area contributed by atoms with Gasteiger partial charge in [-0.25, -0.2) is 9.18 Å². The van der Waals surface area contributed by atoms with Crippen molar-refractivity contribution < 1.29 is 28.6 Å². The van der Waals surface area contributed by atoms with Gasteiger partial charge < -0.3 is 19.5 Å². The van der Waals surface area contributed by atoms with Gasteiger partial charge in [-0.3, -0.25) is 15.2 Å². The lowest BCUT2D eigenvalue weighted by Gasteiger charge is -2.35. The lowest BCUT2D eigenvalue weighted by atomic mass is 10.1. The van der Waals surface area contributed by atoms with E-state index in [1.54, 1.807) is 35.3 Å². The number of carboxylic acids is 1. The summed E-state index contributed by atoms with van der Waals surface area (Å²) in [5.74, 6) is -0.544. The van der Waals surface area contributed by atoms with Crippen molar-refractivity contribution in [2.75, 3.05) is 30.1 Å². The van der Waals surface area contributed by atoms with Crippen LogP contribution in [0.4, 0.5) is 21.5 Å². The van der Waals surface area contributed by atoms with Crippen molar-refractivity contribution in [3.63, 3.8) is 0 Å². The van der Waals surface area contributed by atoms with Crippen molar-refractivity contribution in [1.29, 1.82) is 0 Å². The number of piperidine rings is 1. The second-order valence-electron chi connectivity index (χ2n) is 10.5. The molecule has 1 fully saturated rings. The molecule has 10 heteroatoms. The van der Waals surface area contributed by atoms with Crippen molar-refractivity contribution in [2.24, 2.45) is 0 Å². The number of rotatable bonds is 10. The van der Waals surface area contributed by atoms with Crippen LogP contribution in [0.15, 0.2) is 83.3 Å². The van der Waals surface area contributed by atoms with E-state index in [0.29, 0.717) is 27.2 Å². The average molecular weight is 663 g/mol. The fourth-order valence-electron chi connectivity index (χ4n) is 5.28. The Morgan fingerprint density at radius 2 is 1.64 bits per heavy atom. The number of nitrogens with zero attached hydrogens (tertiary/aromatic N) is 2. The summed E-state index contributed by atoms with van der Waals surface area (Å²) in [6.45, 7) is 3.86. The SMILES string of the molecule is COc1cc(CC(=O)NN(c2ccc(Oc3ccc(F)cc3)cc2)c2c(C)cccc2N2CCCCC2)c(Br)cc1C(=O)O. The number of carbonyl (C=O) groups excluding carboxylic acids is 1. The Balaban J connectivity index is 1.48. The first-order valence-corrected chi connectivity index (χ1v) is 15.1. The van der Waals surface area contributed by atoms with Gasteiger partial charge in [0.2, 0.25) is 5.91 Å². The molecule has 0 unspecified atom stereocenters. The molecule has 0 atom stereocenters. The van der Waals surface area contributed by atoms with Gasteiger partial charge in [-0.2, -0.15) is 0 Å². The lowest BCUT2D eigenvalue weighted by molar-refractivity contribution is -0.120. The highest BCUT2D eigenvalue weighted by Gasteiger charge is 2.24. The fourth-order valence-corrected chi connectivity index (χ4v) is 5.76. The predicted molar refractivity (Wildman–Crippen MR) is 172 cm³/mol. The molecule has 0 aliphatic carbocycles. The van der Waals surface area contributed by atoms with Crippen LogP contribution in [0.25, 0.3) is 0 Å². The summed E-state index contributed by atoms with van der Waals surface area (Å²) in [6, 6.07) is 22.2. The number of aryl methyl sites for hydroxylation is 1. The van der Waals surface area contributed by atoms with Gasteiger partial charge >= 0.3 is 5.97 Å². The molecular weight excluding hydrogens is 629 g/mol. The number of hydrogen-bond acceptors (Lipinski definition) is 6. The largest absolute Gasteiger partial charge is 0.496 e. The van der Waals surface area contributed by atoms with E-state index < -0.39 is 5.97 Å². The molecule has 0 spiro atoms. The van der Waals surface area contributed by atoms with Gasteiger partial charge in [-0.15, -0.1) is 0 Å². The summed E-state index contributed by atoms with van der Waals surface area (Å²) in [4.78, 5) is 27.7. The van der Waals surface area contributed by atoms with Crippen LogP contribution in [0.3, 0.4) is 0 Å². The van der Waals surface area contributed by atoms with Gasteiger partial charge in [0.15, 0.2) is 0 Å². The van der Waals surface area contributed by atoms with Gasteiger partial charge in [-0.05, 0) is 104 Å². The second kappa shape index (κ2) is 13.8. The molecule has 4 aromatic carbocycles. The van der Waals surface area contributed by atoms with Crippen molar-refractivity contribution in [3.05, 3.63) is 106 Å². The van der Waals surface area contributed by atoms with Crippen LogP contribution >= 0.6 is 15.9 Å². The summed E-state index contributed by atoms with van der Waals surface area (Å²) in [5, 5.41) is 11.3. The summed E-state index contributed by atoms with van der Waals surface area (Å²) >= 11 is 3.42. The van der Waals surface area contributed by atoms with Gasteiger partial charge in [0.05, 0.1) is 30.6 Å².